The van der Waals surface area contributed by atoms with E-state index in [1.54, 1.807) is 0 Å². The molecule has 0 amide bonds. The number of rotatable bonds is 6. The Labute approximate surface area is 100 Å². The lowest BCUT2D eigenvalue weighted by molar-refractivity contribution is -0.133. The van der Waals surface area contributed by atoms with Crippen molar-refractivity contribution in [3.8, 4) is 0 Å². The summed E-state index contributed by atoms with van der Waals surface area (Å²) in [6.45, 7) is 7.12. The second-order valence-electron chi connectivity index (χ2n) is 4.21. The van der Waals surface area contributed by atoms with E-state index in [1.807, 2.05) is 17.7 Å². The molecule has 4 nitrogen and oxygen atoms in total. The number of carboxylic acids is 1. The third-order valence-corrected chi connectivity index (χ3v) is 3.14. The van der Waals surface area contributed by atoms with Gasteiger partial charge in [-0.05, 0) is 25.3 Å². The smallest absolute Gasteiger partial charge is 0.313 e. The summed E-state index contributed by atoms with van der Waals surface area (Å²) in [5, 5.41) is 13.9. The van der Waals surface area contributed by atoms with Gasteiger partial charge < -0.3 is 5.11 Å². The molecule has 0 aliphatic carbocycles. The summed E-state index contributed by atoms with van der Waals surface area (Å²) >= 11 is 1.33. The minimum Gasteiger partial charge on any atom is -0.481 e. The Morgan fingerprint density at radius 2 is 2.31 bits per heavy atom. The van der Waals surface area contributed by atoms with Crippen LogP contribution in [-0.2, 0) is 11.3 Å². The van der Waals surface area contributed by atoms with E-state index in [-0.39, 0.29) is 5.75 Å². The minimum atomic E-state index is -0.792. The second kappa shape index (κ2) is 5.94. The second-order valence-corrected chi connectivity index (χ2v) is 5.21. The number of carbonyl (C=O) groups is 1. The highest BCUT2D eigenvalue weighted by Gasteiger charge is 2.08. The Morgan fingerprint density at radius 3 is 2.88 bits per heavy atom. The summed E-state index contributed by atoms with van der Waals surface area (Å²) in [7, 11) is 0. The van der Waals surface area contributed by atoms with Crippen LogP contribution in [0.5, 0.6) is 0 Å². The van der Waals surface area contributed by atoms with Crippen molar-refractivity contribution in [2.75, 3.05) is 5.75 Å². The van der Waals surface area contributed by atoms with Crippen LogP contribution in [-0.4, -0.2) is 26.6 Å². The zero-order valence-electron chi connectivity index (χ0n) is 9.93. The highest BCUT2D eigenvalue weighted by molar-refractivity contribution is 7.99. The molecule has 90 valence electrons. The highest BCUT2D eigenvalue weighted by Crippen LogP contribution is 2.20. The topological polar surface area (TPSA) is 55.1 Å². The van der Waals surface area contributed by atoms with E-state index >= 15 is 0 Å². The van der Waals surface area contributed by atoms with Crippen molar-refractivity contribution in [3.05, 3.63) is 11.8 Å². The van der Waals surface area contributed by atoms with Gasteiger partial charge in [-0.25, -0.2) is 0 Å². The number of aliphatic carboxylic acids is 1. The van der Waals surface area contributed by atoms with E-state index in [1.165, 1.54) is 11.8 Å². The van der Waals surface area contributed by atoms with Crippen LogP contribution < -0.4 is 0 Å². The van der Waals surface area contributed by atoms with Gasteiger partial charge in [-0.1, -0.05) is 25.6 Å². The number of thioether (sulfide) groups is 1. The lowest BCUT2D eigenvalue weighted by atomic mass is 10.1. The van der Waals surface area contributed by atoms with Gasteiger partial charge in [-0.2, -0.15) is 5.10 Å². The molecule has 0 aromatic carbocycles. The van der Waals surface area contributed by atoms with Gasteiger partial charge in [-0.15, -0.1) is 0 Å². The first-order valence-corrected chi connectivity index (χ1v) is 6.36. The molecule has 0 saturated carbocycles. The molecule has 5 heteroatoms. The fourth-order valence-corrected chi connectivity index (χ4v) is 2.12. The molecule has 0 spiro atoms. The maximum atomic E-state index is 10.5. The molecule has 1 aromatic heterocycles. The van der Waals surface area contributed by atoms with Gasteiger partial charge in [0, 0.05) is 6.54 Å². The molecule has 0 unspecified atom stereocenters. The van der Waals surface area contributed by atoms with Crippen molar-refractivity contribution in [3.63, 3.8) is 0 Å². The summed E-state index contributed by atoms with van der Waals surface area (Å²) in [5.74, 6) is -0.0756. The summed E-state index contributed by atoms with van der Waals surface area (Å²) < 4.78 is 1.91. The molecular formula is C11H18N2O2S. The Kier molecular flexibility index (Phi) is 4.86. The molecule has 1 heterocycles. The molecule has 0 saturated heterocycles. The van der Waals surface area contributed by atoms with Crippen molar-refractivity contribution < 1.29 is 9.90 Å². The van der Waals surface area contributed by atoms with Gasteiger partial charge >= 0.3 is 5.97 Å². The van der Waals surface area contributed by atoms with Crippen LogP contribution in [0.1, 0.15) is 26.0 Å². The summed E-state index contributed by atoms with van der Waals surface area (Å²) in [6.07, 6.45) is 1.06. The van der Waals surface area contributed by atoms with Crippen LogP contribution >= 0.6 is 11.8 Å². The quantitative estimate of drug-likeness (QED) is 0.778. The van der Waals surface area contributed by atoms with Crippen LogP contribution in [0.3, 0.4) is 0 Å². The molecule has 1 rings (SSSR count). The molecule has 0 bridgehead atoms. The van der Waals surface area contributed by atoms with E-state index in [4.69, 9.17) is 5.11 Å². The lowest BCUT2D eigenvalue weighted by Crippen LogP contribution is -2.06. The average Bonchev–Trinajstić information content (AvgIpc) is 2.52. The number of carboxylic acid groups (broad SMARTS) is 1. The largest absolute Gasteiger partial charge is 0.481 e. The predicted molar refractivity (Wildman–Crippen MR) is 64.8 cm³/mol. The van der Waals surface area contributed by atoms with Gasteiger partial charge in [0.1, 0.15) is 0 Å². The monoisotopic (exact) mass is 242 g/mol. The van der Waals surface area contributed by atoms with Gasteiger partial charge in [0.15, 0.2) is 0 Å². The lowest BCUT2D eigenvalue weighted by Gasteiger charge is -2.07. The van der Waals surface area contributed by atoms with E-state index in [0.717, 1.165) is 23.7 Å². The summed E-state index contributed by atoms with van der Waals surface area (Å²) in [5.41, 5.74) is 0.941. The Balaban J connectivity index is 2.63. The summed E-state index contributed by atoms with van der Waals surface area (Å²) in [6, 6.07) is 1.94. The minimum absolute atomic E-state index is 0.0901. The number of hydrogen-bond donors (Lipinski definition) is 1. The fraction of sp³-hybridized carbons (Fsp3) is 0.636. The molecule has 0 fully saturated rings. The molecule has 16 heavy (non-hydrogen) atoms. The van der Waals surface area contributed by atoms with Gasteiger partial charge in [0.05, 0.1) is 16.5 Å². The van der Waals surface area contributed by atoms with Crippen LogP contribution in [0.25, 0.3) is 0 Å². The number of aryl methyl sites for hydroxylation is 2. The highest BCUT2D eigenvalue weighted by atomic mass is 32.2. The average molecular weight is 242 g/mol. The van der Waals surface area contributed by atoms with Crippen molar-refractivity contribution in [1.82, 2.24) is 9.78 Å². The maximum Gasteiger partial charge on any atom is 0.313 e. The normalized spacial score (nSPS) is 11.0. The Hall–Kier alpha value is -0.970. The molecule has 1 N–H and O–H groups in total. The predicted octanol–water partition coefficient (Wildman–Crippen LogP) is 2.41. The van der Waals surface area contributed by atoms with Crippen molar-refractivity contribution >= 4 is 17.7 Å². The number of hydrogen-bond acceptors (Lipinski definition) is 3. The van der Waals surface area contributed by atoms with Crippen LogP contribution in [0.4, 0.5) is 0 Å². The van der Waals surface area contributed by atoms with E-state index in [2.05, 4.69) is 18.9 Å². The first kappa shape index (κ1) is 13.1. The third-order valence-electron chi connectivity index (χ3n) is 2.13. The zero-order valence-corrected chi connectivity index (χ0v) is 10.8. The Bertz CT molecular complexity index is 361. The molecule has 1 aromatic rings. The van der Waals surface area contributed by atoms with E-state index in [0.29, 0.717) is 5.92 Å². The first-order chi connectivity index (χ1) is 7.49. The van der Waals surface area contributed by atoms with Crippen molar-refractivity contribution in [1.29, 1.82) is 0 Å². The molecule has 0 radical (unpaired) electrons. The van der Waals surface area contributed by atoms with Crippen LogP contribution in [0, 0.1) is 12.8 Å². The van der Waals surface area contributed by atoms with E-state index < -0.39 is 5.97 Å². The SMILES string of the molecule is Cc1cc(SCC(=O)O)n(CCC(C)C)n1. The molecule has 0 aliphatic rings. The zero-order chi connectivity index (χ0) is 12.1. The Morgan fingerprint density at radius 1 is 1.62 bits per heavy atom. The number of nitrogens with zero attached hydrogens (tertiary/aromatic N) is 2. The van der Waals surface area contributed by atoms with Crippen LogP contribution in [0.15, 0.2) is 11.1 Å². The molecule has 0 aliphatic heterocycles. The van der Waals surface area contributed by atoms with Crippen LogP contribution in [0.2, 0.25) is 0 Å². The third kappa shape index (κ3) is 4.26. The van der Waals surface area contributed by atoms with E-state index in [9.17, 15) is 4.79 Å². The van der Waals surface area contributed by atoms with Gasteiger partial charge in [0.2, 0.25) is 0 Å². The van der Waals surface area contributed by atoms with Gasteiger partial charge in [0.25, 0.3) is 0 Å². The molecular weight excluding hydrogens is 224 g/mol. The first-order valence-electron chi connectivity index (χ1n) is 5.38. The number of aromatic nitrogens is 2. The molecule has 0 atom stereocenters. The van der Waals surface area contributed by atoms with Crippen molar-refractivity contribution in [2.45, 2.75) is 38.8 Å². The fourth-order valence-electron chi connectivity index (χ4n) is 1.31. The van der Waals surface area contributed by atoms with Gasteiger partial charge in [-0.3, -0.25) is 9.48 Å². The summed E-state index contributed by atoms with van der Waals surface area (Å²) in [4.78, 5) is 10.5. The van der Waals surface area contributed by atoms with Crippen molar-refractivity contribution in [2.24, 2.45) is 5.92 Å². The standard InChI is InChI=1S/C11H18N2O2S/c1-8(2)4-5-13-10(6-9(3)12-13)16-7-11(14)15/h6,8H,4-5,7H2,1-3H3,(H,14,15). The maximum absolute atomic E-state index is 10.5.